The molecule has 0 unspecified atom stereocenters. The van der Waals surface area contributed by atoms with Gasteiger partial charge in [0.15, 0.2) is 0 Å². The van der Waals surface area contributed by atoms with Crippen molar-refractivity contribution in [2.75, 3.05) is 13.1 Å². The molecule has 0 saturated heterocycles. The molecule has 1 heterocycles. The quantitative estimate of drug-likeness (QED) is 0.828. The van der Waals surface area contributed by atoms with Gasteiger partial charge in [0.1, 0.15) is 11.3 Å². The van der Waals surface area contributed by atoms with Crippen LogP contribution in [0, 0.1) is 0 Å². The van der Waals surface area contributed by atoms with E-state index < -0.39 is 0 Å². The van der Waals surface area contributed by atoms with Gasteiger partial charge in [-0.25, -0.2) is 0 Å². The van der Waals surface area contributed by atoms with Crippen LogP contribution in [0.15, 0.2) is 28.7 Å². The van der Waals surface area contributed by atoms with Crippen LogP contribution in [0.3, 0.4) is 0 Å². The molecule has 1 aromatic heterocycles. The first-order valence-electron chi connectivity index (χ1n) is 7.21. The second-order valence-corrected chi connectivity index (χ2v) is 4.98. The second-order valence-electron chi connectivity index (χ2n) is 4.98. The molecular formula is C16H24N2O. The van der Waals surface area contributed by atoms with Gasteiger partial charge in [0, 0.05) is 17.5 Å². The first-order valence-corrected chi connectivity index (χ1v) is 7.21. The van der Waals surface area contributed by atoms with Gasteiger partial charge in [-0.1, -0.05) is 32.0 Å². The molecule has 3 heteroatoms. The molecule has 0 bridgehead atoms. The molecule has 104 valence electrons. The van der Waals surface area contributed by atoms with Crippen molar-refractivity contribution in [1.29, 1.82) is 0 Å². The van der Waals surface area contributed by atoms with E-state index in [9.17, 15) is 0 Å². The summed E-state index contributed by atoms with van der Waals surface area (Å²) in [7, 11) is 0. The van der Waals surface area contributed by atoms with Crippen LogP contribution >= 0.6 is 0 Å². The molecule has 1 aromatic carbocycles. The molecule has 0 aliphatic carbocycles. The van der Waals surface area contributed by atoms with Crippen LogP contribution in [0.5, 0.6) is 0 Å². The molecule has 2 aromatic rings. The lowest BCUT2D eigenvalue weighted by Gasteiger charge is -2.20. The van der Waals surface area contributed by atoms with Crippen LogP contribution in [-0.2, 0) is 13.1 Å². The van der Waals surface area contributed by atoms with Crippen molar-refractivity contribution in [3.63, 3.8) is 0 Å². The Labute approximate surface area is 115 Å². The molecule has 2 rings (SSSR count). The number of fused-ring (bicyclic) bond motifs is 1. The molecule has 0 fully saturated rings. The number of benzene rings is 1. The summed E-state index contributed by atoms with van der Waals surface area (Å²) in [5, 5.41) is 1.16. The van der Waals surface area contributed by atoms with Crippen LogP contribution < -0.4 is 5.73 Å². The summed E-state index contributed by atoms with van der Waals surface area (Å²) in [6.45, 7) is 8.04. The Morgan fingerprint density at radius 2 is 1.79 bits per heavy atom. The van der Waals surface area contributed by atoms with Crippen molar-refractivity contribution < 1.29 is 4.42 Å². The maximum atomic E-state index is 5.99. The highest BCUT2D eigenvalue weighted by Gasteiger charge is 2.15. The highest BCUT2D eigenvalue weighted by Crippen LogP contribution is 2.26. The van der Waals surface area contributed by atoms with Crippen molar-refractivity contribution >= 4 is 11.0 Å². The summed E-state index contributed by atoms with van der Waals surface area (Å²) in [4.78, 5) is 2.44. The number of nitrogens with zero attached hydrogens (tertiary/aromatic N) is 1. The topological polar surface area (TPSA) is 42.4 Å². The zero-order valence-electron chi connectivity index (χ0n) is 12.0. The van der Waals surface area contributed by atoms with E-state index >= 15 is 0 Å². The fourth-order valence-electron chi connectivity index (χ4n) is 2.61. The van der Waals surface area contributed by atoms with E-state index in [1.807, 2.05) is 18.2 Å². The molecule has 0 atom stereocenters. The fraction of sp³-hybridized carbons (Fsp3) is 0.500. The molecule has 0 spiro atoms. The molecule has 0 aliphatic heterocycles. The van der Waals surface area contributed by atoms with E-state index in [2.05, 4.69) is 24.8 Å². The molecule has 19 heavy (non-hydrogen) atoms. The van der Waals surface area contributed by atoms with E-state index in [4.69, 9.17) is 10.2 Å². The van der Waals surface area contributed by atoms with Crippen LogP contribution in [0.25, 0.3) is 11.0 Å². The highest BCUT2D eigenvalue weighted by molar-refractivity contribution is 5.82. The molecular weight excluding hydrogens is 236 g/mol. The molecule has 0 saturated carbocycles. The highest BCUT2D eigenvalue weighted by atomic mass is 16.3. The monoisotopic (exact) mass is 260 g/mol. The minimum atomic E-state index is 0.540. The number of nitrogens with two attached hydrogens (primary N) is 1. The number of para-hydroxylation sites is 1. The van der Waals surface area contributed by atoms with Gasteiger partial charge >= 0.3 is 0 Å². The minimum Gasteiger partial charge on any atom is -0.459 e. The lowest BCUT2D eigenvalue weighted by Crippen LogP contribution is -2.25. The number of rotatable bonds is 7. The smallest absolute Gasteiger partial charge is 0.134 e. The molecule has 3 nitrogen and oxygen atoms in total. The summed E-state index contributed by atoms with van der Waals surface area (Å²) in [6.07, 6.45) is 2.33. The third kappa shape index (κ3) is 3.17. The predicted molar refractivity (Wildman–Crippen MR) is 80.0 cm³/mol. The molecule has 0 radical (unpaired) electrons. The Hall–Kier alpha value is -1.32. The van der Waals surface area contributed by atoms with E-state index in [1.54, 1.807) is 0 Å². The van der Waals surface area contributed by atoms with Crippen LogP contribution in [0.4, 0.5) is 0 Å². The summed E-state index contributed by atoms with van der Waals surface area (Å²) in [5.74, 6) is 1.03. The van der Waals surface area contributed by atoms with Gasteiger partial charge in [-0.05, 0) is 32.0 Å². The van der Waals surface area contributed by atoms with Crippen LogP contribution in [0.2, 0.25) is 0 Å². The van der Waals surface area contributed by atoms with E-state index in [0.29, 0.717) is 6.54 Å². The zero-order valence-corrected chi connectivity index (χ0v) is 12.0. The van der Waals surface area contributed by atoms with Gasteiger partial charge in [-0.15, -0.1) is 0 Å². The summed E-state index contributed by atoms with van der Waals surface area (Å²) < 4.78 is 5.99. The predicted octanol–water partition coefficient (Wildman–Crippen LogP) is 3.51. The summed E-state index contributed by atoms with van der Waals surface area (Å²) in [6, 6.07) is 8.15. The third-order valence-corrected chi connectivity index (χ3v) is 3.43. The number of hydrogen-bond acceptors (Lipinski definition) is 3. The van der Waals surface area contributed by atoms with Gasteiger partial charge < -0.3 is 10.2 Å². The Bertz CT molecular complexity index is 512. The first kappa shape index (κ1) is 14.1. The average Bonchev–Trinajstić information content (AvgIpc) is 2.76. The van der Waals surface area contributed by atoms with Crippen molar-refractivity contribution in [1.82, 2.24) is 4.90 Å². The van der Waals surface area contributed by atoms with Crippen LogP contribution in [0.1, 0.15) is 38.0 Å². The molecule has 0 aliphatic rings. The zero-order chi connectivity index (χ0) is 13.7. The van der Waals surface area contributed by atoms with Crippen molar-refractivity contribution in [2.24, 2.45) is 5.73 Å². The SMILES string of the molecule is CCCN(CCC)Cc1oc2ccccc2c1CN. The molecule has 2 N–H and O–H groups in total. The lowest BCUT2D eigenvalue weighted by atomic mass is 10.1. The van der Waals surface area contributed by atoms with Crippen molar-refractivity contribution in [2.45, 2.75) is 39.8 Å². The van der Waals surface area contributed by atoms with E-state index in [1.165, 1.54) is 0 Å². The molecule has 0 amide bonds. The Balaban J connectivity index is 2.27. The summed E-state index contributed by atoms with van der Waals surface area (Å²) in [5.41, 5.74) is 8.02. The normalized spacial score (nSPS) is 11.6. The first-order chi connectivity index (χ1) is 9.30. The van der Waals surface area contributed by atoms with Gasteiger partial charge in [0.2, 0.25) is 0 Å². The largest absolute Gasteiger partial charge is 0.459 e. The second kappa shape index (κ2) is 6.73. The van der Waals surface area contributed by atoms with Gasteiger partial charge in [-0.2, -0.15) is 0 Å². The summed E-state index contributed by atoms with van der Waals surface area (Å²) >= 11 is 0. The van der Waals surface area contributed by atoms with Gasteiger partial charge in [0.05, 0.1) is 6.54 Å². The number of furan rings is 1. The van der Waals surface area contributed by atoms with Crippen molar-refractivity contribution in [3.8, 4) is 0 Å². The standard InChI is InChI=1S/C16H24N2O/c1-3-9-18(10-4-2)12-16-14(11-17)13-7-5-6-8-15(13)19-16/h5-8H,3-4,9-12,17H2,1-2H3. The van der Waals surface area contributed by atoms with Gasteiger partial charge in [-0.3, -0.25) is 4.90 Å². The Morgan fingerprint density at radius 3 is 2.42 bits per heavy atom. The Kier molecular flexibility index (Phi) is 5.00. The Morgan fingerprint density at radius 1 is 1.11 bits per heavy atom. The maximum absolute atomic E-state index is 5.99. The van der Waals surface area contributed by atoms with Gasteiger partial charge in [0.25, 0.3) is 0 Å². The number of hydrogen-bond donors (Lipinski definition) is 1. The lowest BCUT2D eigenvalue weighted by molar-refractivity contribution is 0.246. The van der Waals surface area contributed by atoms with E-state index in [-0.39, 0.29) is 0 Å². The average molecular weight is 260 g/mol. The maximum Gasteiger partial charge on any atom is 0.134 e. The van der Waals surface area contributed by atoms with Crippen LogP contribution in [-0.4, -0.2) is 18.0 Å². The van der Waals surface area contributed by atoms with E-state index in [0.717, 1.165) is 54.8 Å². The third-order valence-electron chi connectivity index (χ3n) is 3.43. The van der Waals surface area contributed by atoms with Crippen molar-refractivity contribution in [3.05, 3.63) is 35.6 Å². The minimum absolute atomic E-state index is 0.540. The fourth-order valence-corrected chi connectivity index (χ4v) is 2.61.